The van der Waals surface area contributed by atoms with Crippen molar-refractivity contribution in [1.29, 1.82) is 0 Å². The van der Waals surface area contributed by atoms with Crippen LogP contribution in [0.15, 0.2) is 30.3 Å². The number of nitrogens with zero attached hydrogens (tertiary/aromatic N) is 1. The lowest BCUT2D eigenvalue weighted by atomic mass is 10.1. The summed E-state index contributed by atoms with van der Waals surface area (Å²) < 4.78 is 0. The SMILES string of the molecule is CCc1ccc2cc(CSC)ccc2n1. The van der Waals surface area contributed by atoms with E-state index in [2.05, 4.69) is 48.5 Å². The van der Waals surface area contributed by atoms with Gasteiger partial charge in [-0.3, -0.25) is 4.98 Å². The maximum Gasteiger partial charge on any atom is 0.0705 e. The molecule has 0 bridgehead atoms. The molecule has 0 aliphatic heterocycles. The summed E-state index contributed by atoms with van der Waals surface area (Å²) in [5.74, 6) is 1.07. The van der Waals surface area contributed by atoms with Crippen LogP contribution >= 0.6 is 11.8 Å². The van der Waals surface area contributed by atoms with Crippen molar-refractivity contribution >= 4 is 22.7 Å². The molecule has 0 atom stereocenters. The van der Waals surface area contributed by atoms with Crippen LogP contribution in [-0.2, 0) is 12.2 Å². The minimum Gasteiger partial charge on any atom is -0.253 e. The van der Waals surface area contributed by atoms with E-state index >= 15 is 0 Å². The fourth-order valence-corrected chi connectivity index (χ4v) is 2.18. The number of hydrogen-bond donors (Lipinski definition) is 0. The minimum atomic E-state index is 1.00. The van der Waals surface area contributed by atoms with Crippen LogP contribution in [0.4, 0.5) is 0 Å². The van der Waals surface area contributed by atoms with E-state index in [9.17, 15) is 0 Å². The normalized spacial score (nSPS) is 10.8. The predicted molar refractivity (Wildman–Crippen MR) is 68.3 cm³/mol. The first-order chi connectivity index (χ1) is 7.33. The number of thioether (sulfide) groups is 1. The maximum atomic E-state index is 4.59. The summed E-state index contributed by atoms with van der Waals surface area (Å²) in [5, 5.41) is 1.25. The van der Waals surface area contributed by atoms with Crippen LogP contribution in [-0.4, -0.2) is 11.2 Å². The van der Waals surface area contributed by atoms with E-state index in [0.717, 1.165) is 17.7 Å². The summed E-state index contributed by atoms with van der Waals surface area (Å²) in [5.41, 5.74) is 3.65. The van der Waals surface area contributed by atoms with E-state index in [0.29, 0.717) is 0 Å². The van der Waals surface area contributed by atoms with Gasteiger partial charge in [-0.25, -0.2) is 0 Å². The summed E-state index contributed by atoms with van der Waals surface area (Å²) in [4.78, 5) is 4.59. The van der Waals surface area contributed by atoms with Gasteiger partial charge in [0.1, 0.15) is 0 Å². The van der Waals surface area contributed by atoms with Gasteiger partial charge < -0.3 is 0 Å². The smallest absolute Gasteiger partial charge is 0.0705 e. The Balaban J connectivity index is 2.45. The van der Waals surface area contributed by atoms with Crippen molar-refractivity contribution in [1.82, 2.24) is 4.98 Å². The summed E-state index contributed by atoms with van der Waals surface area (Å²) >= 11 is 1.85. The molecule has 1 heterocycles. The summed E-state index contributed by atoms with van der Waals surface area (Å²) in [6.07, 6.45) is 3.13. The first-order valence-electron chi connectivity index (χ1n) is 5.21. The van der Waals surface area contributed by atoms with Gasteiger partial charge in [0.2, 0.25) is 0 Å². The second-order valence-corrected chi connectivity index (χ2v) is 4.48. The van der Waals surface area contributed by atoms with E-state index in [4.69, 9.17) is 0 Å². The molecule has 78 valence electrons. The number of pyridine rings is 1. The van der Waals surface area contributed by atoms with Gasteiger partial charge in [0.15, 0.2) is 0 Å². The number of aryl methyl sites for hydroxylation is 1. The molecular weight excluding hydrogens is 202 g/mol. The van der Waals surface area contributed by atoms with Gasteiger partial charge in [0.25, 0.3) is 0 Å². The molecule has 0 aliphatic carbocycles. The van der Waals surface area contributed by atoms with Crippen LogP contribution in [0, 0.1) is 0 Å². The van der Waals surface area contributed by atoms with Crippen molar-refractivity contribution in [3.63, 3.8) is 0 Å². The third kappa shape index (κ3) is 2.32. The molecule has 1 aromatic carbocycles. The molecule has 1 aromatic heterocycles. The molecule has 2 aromatic rings. The third-order valence-electron chi connectivity index (χ3n) is 2.48. The summed E-state index contributed by atoms with van der Waals surface area (Å²) in [7, 11) is 0. The lowest BCUT2D eigenvalue weighted by molar-refractivity contribution is 1.06. The molecule has 0 aliphatic rings. The number of rotatable bonds is 3. The Morgan fingerprint density at radius 1 is 1.20 bits per heavy atom. The highest BCUT2D eigenvalue weighted by molar-refractivity contribution is 7.97. The average molecular weight is 217 g/mol. The number of aromatic nitrogens is 1. The second kappa shape index (κ2) is 4.67. The molecule has 2 heteroatoms. The Morgan fingerprint density at radius 3 is 2.80 bits per heavy atom. The summed E-state index contributed by atoms with van der Waals surface area (Å²) in [6.45, 7) is 2.14. The zero-order valence-corrected chi connectivity index (χ0v) is 9.97. The Hall–Kier alpha value is -1.02. The van der Waals surface area contributed by atoms with Crippen LogP contribution in [0.3, 0.4) is 0 Å². The molecule has 0 amide bonds. The van der Waals surface area contributed by atoms with Crippen LogP contribution < -0.4 is 0 Å². The first kappa shape index (κ1) is 10.5. The first-order valence-corrected chi connectivity index (χ1v) is 6.60. The molecule has 0 spiro atoms. The highest BCUT2D eigenvalue weighted by Gasteiger charge is 1.98. The van der Waals surface area contributed by atoms with Crippen molar-refractivity contribution in [2.45, 2.75) is 19.1 Å². The Kier molecular flexibility index (Phi) is 3.27. The highest BCUT2D eigenvalue weighted by atomic mass is 32.2. The van der Waals surface area contributed by atoms with Crippen molar-refractivity contribution in [3.05, 3.63) is 41.6 Å². The van der Waals surface area contributed by atoms with Crippen LogP contribution in [0.2, 0.25) is 0 Å². The van der Waals surface area contributed by atoms with Gasteiger partial charge in [-0.05, 0) is 36.4 Å². The van der Waals surface area contributed by atoms with Crippen molar-refractivity contribution in [2.75, 3.05) is 6.26 Å². The molecule has 0 fully saturated rings. The molecule has 0 unspecified atom stereocenters. The second-order valence-electron chi connectivity index (χ2n) is 3.62. The minimum absolute atomic E-state index is 1.00. The van der Waals surface area contributed by atoms with Crippen LogP contribution in [0.25, 0.3) is 10.9 Å². The zero-order valence-electron chi connectivity index (χ0n) is 9.16. The highest BCUT2D eigenvalue weighted by Crippen LogP contribution is 2.17. The molecule has 0 saturated heterocycles. The van der Waals surface area contributed by atoms with E-state index in [1.807, 2.05) is 11.8 Å². The van der Waals surface area contributed by atoms with Gasteiger partial charge in [-0.1, -0.05) is 19.1 Å². The van der Waals surface area contributed by atoms with Crippen molar-refractivity contribution < 1.29 is 0 Å². The van der Waals surface area contributed by atoms with Gasteiger partial charge >= 0.3 is 0 Å². The zero-order chi connectivity index (χ0) is 10.7. The predicted octanol–water partition coefficient (Wildman–Crippen LogP) is 3.66. The van der Waals surface area contributed by atoms with Crippen LogP contribution in [0.1, 0.15) is 18.2 Å². The number of benzene rings is 1. The summed E-state index contributed by atoms with van der Waals surface area (Å²) in [6, 6.07) is 10.8. The van der Waals surface area contributed by atoms with Crippen molar-refractivity contribution in [3.8, 4) is 0 Å². The molecule has 0 N–H and O–H groups in total. The van der Waals surface area contributed by atoms with Crippen LogP contribution in [0.5, 0.6) is 0 Å². The van der Waals surface area contributed by atoms with E-state index in [1.165, 1.54) is 16.6 Å². The Morgan fingerprint density at radius 2 is 2.07 bits per heavy atom. The van der Waals surface area contributed by atoms with Gasteiger partial charge in [-0.2, -0.15) is 11.8 Å². The number of fused-ring (bicyclic) bond motifs is 1. The fourth-order valence-electron chi connectivity index (χ4n) is 1.67. The number of hydrogen-bond acceptors (Lipinski definition) is 2. The molecular formula is C13H15NS. The van der Waals surface area contributed by atoms with E-state index in [1.54, 1.807) is 0 Å². The molecule has 1 nitrogen and oxygen atoms in total. The molecule has 0 radical (unpaired) electrons. The topological polar surface area (TPSA) is 12.9 Å². The van der Waals surface area contributed by atoms with E-state index in [-0.39, 0.29) is 0 Å². The average Bonchev–Trinajstić information content (AvgIpc) is 2.29. The Bertz CT molecular complexity index is 465. The quantitative estimate of drug-likeness (QED) is 0.778. The standard InChI is InChI=1S/C13H15NS/c1-3-12-6-5-11-8-10(9-15-2)4-7-13(11)14-12/h4-8H,3,9H2,1-2H3. The van der Waals surface area contributed by atoms with Crippen molar-refractivity contribution in [2.24, 2.45) is 0 Å². The van der Waals surface area contributed by atoms with E-state index < -0.39 is 0 Å². The largest absolute Gasteiger partial charge is 0.253 e. The maximum absolute atomic E-state index is 4.59. The van der Waals surface area contributed by atoms with Gasteiger partial charge in [0.05, 0.1) is 5.52 Å². The lowest BCUT2D eigenvalue weighted by Crippen LogP contribution is -1.88. The Labute approximate surface area is 94.9 Å². The monoisotopic (exact) mass is 217 g/mol. The van der Waals surface area contributed by atoms with Gasteiger partial charge in [0, 0.05) is 16.8 Å². The molecule has 15 heavy (non-hydrogen) atoms. The molecule has 2 rings (SSSR count). The third-order valence-corrected chi connectivity index (χ3v) is 3.11. The van der Waals surface area contributed by atoms with Gasteiger partial charge in [-0.15, -0.1) is 0 Å². The molecule has 0 saturated carbocycles. The fraction of sp³-hybridized carbons (Fsp3) is 0.308. The lowest BCUT2D eigenvalue weighted by Gasteiger charge is -2.03.